The van der Waals surface area contributed by atoms with Crippen molar-refractivity contribution < 1.29 is 9.15 Å². The smallest absolute Gasteiger partial charge is 0.336 e. The summed E-state index contributed by atoms with van der Waals surface area (Å²) in [5, 5.41) is 9.34. The van der Waals surface area contributed by atoms with Crippen LogP contribution in [0.25, 0.3) is 11.0 Å². The minimum atomic E-state index is -0.452. The van der Waals surface area contributed by atoms with Crippen molar-refractivity contribution in [3.63, 3.8) is 0 Å². The lowest BCUT2D eigenvalue weighted by molar-refractivity contribution is 0.113. The minimum Gasteiger partial charge on any atom is -0.492 e. The van der Waals surface area contributed by atoms with E-state index >= 15 is 0 Å². The fourth-order valence-electron chi connectivity index (χ4n) is 4.49. The Kier molecular flexibility index (Phi) is 5.45. The van der Waals surface area contributed by atoms with E-state index in [-0.39, 0.29) is 5.96 Å². The van der Waals surface area contributed by atoms with Gasteiger partial charge < -0.3 is 25.5 Å². The van der Waals surface area contributed by atoms with Crippen LogP contribution in [0, 0.1) is 0 Å². The SMILES string of the molecule is NC1=NC2(CCCCC2)N(Cc2cn(CCOc3ccc4ccc(=O)oc4c3)nn2)C(N)=N1. The summed E-state index contributed by atoms with van der Waals surface area (Å²) in [6, 6.07) is 8.51. The van der Waals surface area contributed by atoms with E-state index in [1.165, 1.54) is 12.5 Å². The fourth-order valence-corrected chi connectivity index (χ4v) is 4.49. The molecular weight excluding hydrogens is 424 g/mol. The van der Waals surface area contributed by atoms with Crippen LogP contribution in [-0.4, -0.2) is 44.1 Å². The highest BCUT2D eigenvalue weighted by Gasteiger charge is 2.41. The van der Waals surface area contributed by atoms with Gasteiger partial charge in [-0.15, -0.1) is 5.10 Å². The molecule has 0 saturated heterocycles. The van der Waals surface area contributed by atoms with Crippen molar-refractivity contribution in [1.29, 1.82) is 0 Å². The first-order valence-electron chi connectivity index (χ1n) is 11.0. The lowest BCUT2D eigenvalue weighted by Gasteiger charge is -2.45. The summed E-state index contributed by atoms with van der Waals surface area (Å²) in [6.45, 7) is 1.34. The van der Waals surface area contributed by atoms with Crippen LogP contribution in [0.3, 0.4) is 0 Å². The number of hydrogen-bond acceptors (Lipinski definition) is 10. The normalized spacial score (nSPS) is 17.8. The number of rotatable bonds is 6. The van der Waals surface area contributed by atoms with Gasteiger partial charge in [0.05, 0.1) is 19.3 Å². The van der Waals surface area contributed by atoms with Gasteiger partial charge in [-0.25, -0.2) is 14.5 Å². The van der Waals surface area contributed by atoms with Crippen LogP contribution >= 0.6 is 0 Å². The zero-order valence-corrected chi connectivity index (χ0v) is 18.2. The number of nitrogens with zero attached hydrogens (tertiary/aromatic N) is 6. The average Bonchev–Trinajstić information content (AvgIpc) is 3.24. The second-order valence-electron chi connectivity index (χ2n) is 8.34. The zero-order chi connectivity index (χ0) is 22.8. The van der Waals surface area contributed by atoms with Crippen LogP contribution in [0.5, 0.6) is 5.75 Å². The van der Waals surface area contributed by atoms with Gasteiger partial charge in [-0.3, -0.25) is 0 Å². The van der Waals surface area contributed by atoms with E-state index in [1.54, 1.807) is 16.8 Å². The first kappa shape index (κ1) is 21.0. The lowest BCUT2D eigenvalue weighted by Crippen LogP contribution is -2.57. The molecule has 1 aliphatic heterocycles. The average molecular weight is 451 g/mol. The monoisotopic (exact) mass is 450 g/mol. The molecular formula is C22H26N8O3. The highest BCUT2D eigenvalue weighted by Crippen LogP contribution is 2.37. The van der Waals surface area contributed by atoms with Crippen LogP contribution in [0.1, 0.15) is 37.8 Å². The third-order valence-corrected chi connectivity index (χ3v) is 6.07. The highest BCUT2D eigenvalue weighted by molar-refractivity contribution is 5.95. The number of ether oxygens (including phenoxy) is 1. The van der Waals surface area contributed by atoms with Crippen molar-refractivity contribution in [1.82, 2.24) is 19.9 Å². The van der Waals surface area contributed by atoms with E-state index in [0.717, 1.165) is 36.8 Å². The Morgan fingerprint density at radius 2 is 1.94 bits per heavy atom. The van der Waals surface area contributed by atoms with Gasteiger partial charge in [0.1, 0.15) is 29.3 Å². The maximum Gasteiger partial charge on any atom is 0.336 e. The number of nitrogens with two attached hydrogens (primary N) is 2. The Labute approximate surface area is 189 Å². The number of fused-ring (bicyclic) bond motifs is 1. The maximum absolute atomic E-state index is 11.4. The zero-order valence-electron chi connectivity index (χ0n) is 18.2. The molecule has 2 aromatic heterocycles. The molecule has 3 aromatic rings. The van der Waals surface area contributed by atoms with Crippen LogP contribution in [0.15, 0.2) is 55.7 Å². The molecule has 1 aromatic carbocycles. The van der Waals surface area contributed by atoms with E-state index in [1.807, 2.05) is 23.2 Å². The molecule has 1 saturated carbocycles. The molecule has 11 heteroatoms. The molecule has 5 rings (SSSR count). The second-order valence-corrected chi connectivity index (χ2v) is 8.34. The van der Waals surface area contributed by atoms with Crippen LogP contribution in [-0.2, 0) is 13.1 Å². The molecule has 11 nitrogen and oxygen atoms in total. The van der Waals surface area contributed by atoms with Gasteiger partial charge in [-0.1, -0.05) is 11.6 Å². The summed E-state index contributed by atoms with van der Waals surface area (Å²) >= 11 is 0. The van der Waals surface area contributed by atoms with Crippen LogP contribution in [0.4, 0.5) is 0 Å². The van der Waals surface area contributed by atoms with E-state index in [0.29, 0.717) is 37.0 Å². The molecule has 0 unspecified atom stereocenters. The molecule has 2 aliphatic rings. The summed E-state index contributed by atoms with van der Waals surface area (Å²) in [5.41, 5.74) is 12.6. The van der Waals surface area contributed by atoms with Crippen molar-refractivity contribution in [2.75, 3.05) is 6.61 Å². The third-order valence-electron chi connectivity index (χ3n) is 6.07. The summed E-state index contributed by atoms with van der Waals surface area (Å²) in [7, 11) is 0. The number of guanidine groups is 2. The Hall–Kier alpha value is -3.89. The van der Waals surface area contributed by atoms with Crippen LogP contribution < -0.4 is 21.8 Å². The summed E-state index contributed by atoms with van der Waals surface area (Å²) in [5.74, 6) is 1.22. The van der Waals surface area contributed by atoms with E-state index in [4.69, 9.17) is 20.6 Å². The van der Waals surface area contributed by atoms with Crippen molar-refractivity contribution in [3.05, 3.63) is 52.6 Å². The molecule has 3 heterocycles. The van der Waals surface area contributed by atoms with E-state index in [2.05, 4.69) is 20.3 Å². The van der Waals surface area contributed by atoms with E-state index < -0.39 is 11.3 Å². The Morgan fingerprint density at radius 3 is 2.79 bits per heavy atom. The predicted octanol–water partition coefficient (Wildman–Crippen LogP) is 1.57. The Bertz CT molecular complexity index is 1270. The number of aromatic nitrogens is 3. The molecule has 0 bridgehead atoms. The quantitative estimate of drug-likeness (QED) is 0.537. The van der Waals surface area contributed by atoms with Gasteiger partial charge in [0.25, 0.3) is 0 Å². The minimum absolute atomic E-state index is 0.236. The first-order chi connectivity index (χ1) is 16.0. The fraction of sp³-hybridized carbons (Fsp3) is 0.409. The first-order valence-corrected chi connectivity index (χ1v) is 11.0. The topological polar surface area (TPSA) is 150 Å². The van der Waals surface area contributed by atoms with Gasteiger partial charge in [-0.05, 0) is 43.9 Å². The van der Waals surface area contributed by atoms with Crippen molar-refractivity contribution in [2.24, 2.45) is 21.5 Å². The van der Waals surface area contributed by atoms with Crippen LogP contribution in [0.2, 0.25) is 0 Å². The maximum atomic E-state index is 11.4. The largest absolute Gasteiger partial charge is 0.492 e. The van der Waals surface area contributed by atoms with E-state index in [9.17, 15) is 4.79 Å². The summed E-state index contributed by atoms with van der Waals surface area (Å²) < 4.78 is 12.7. The predicted molar refractivity (Wildman–Crippen MR) is 123 cm³/mol. The Balaban J connectivity index is 1.22. The van der Waals surface area contributed by atoms with Gasteiger partial charge in [-0.2, -0.15) is 4.99 Å². The van der Waals surface area contributed by atoms with Crippen molar-refractivity contribution in [2.45, 2.75) is 50.9 Å². The molecule has 1 fully saturated rings. The van der Waals surface area contributed by atoms with Crippen molar-refractivity contribution >= 4 is 22.9 Å². The summed E-state index contributed by atoms with van der Waals surface area (Å²) in [6.07, 6.45) is 6.97. The van der Waals surface area contributed by atoms with Gasteiger partial charge in [0.15, 0.2) is 0 Å². The molecule has 1 spiro atoms. The lowest BCUT2D eigenvalue weighted by atomic mass is 9.87. The third kappa shape index (κ3) is 4.38. The molecule has 33 heavy (non-hydrogen) atoms. The number of hydrogen-bond donors (Lipinski definition) is 2. The Morgan fingerprint density at radius 1 is 1.12 bits per heavy atom. The van der Waals surface area contributed by atoms with Crippen molar-refractivity contribution in [3.8, 4) is 5.75 Å². The summed E-state index contributed by atoms with van der Waals surface area (Å²) in [4.78, 5) is 22.3. The van der Waals surface area contributed by atoms with Gasteiger partial charge in [0, 0.05) is 17.5 Å². The number of benzene rings is 1. The second kappa shape index (κ2) is 8.57. The molecule has 0 atom stereocenters. The number of aliphatic imine (C=N–C) groups is 2. The standard InChI is InChI=1S/C22H26N8O3/c23-20-25-21(24)30(22(26-20)8-2-1-3-9-22)14-16-13-29(28-27-16)10-11-32-17-6-4-15-5-7-19(31)33-18(15)12-17/h4-7,12-13H,1-3,8-11,14H2,(H4,23,24,25,26). The molecule has 4 N–H and O–H groups in total. The molecule has 0 amide bonds. The molecule has 172 valence electrons. The van der Waals surface area contributed by atoms with Gasteiger partial charge in [0.2, 0.25) is 11.9 Å². The highest BCUT2D eigenvalue weighted by atomic mass is 16.5. The molecule has 0 radical (unpaired) electrons. The molecule has 1 aliphatic carbocycles. The van der Waals surface area contributed by atoms with Gasteiger partial charge >= 0.3 is 5.63 Å².